The average Bonchev–Trinajstić information content (AvgIpc) is 2.82. The summed E-state index contributed by atoms with van der Waals surface area (Å²) >= 11 is 1.78. The summed E-state index contributed by atoms with van der Waals surface area (Å²) in [6.45, 7) is 3.55. The van der Waals surface area contributed by atoms with Gasteiger partial charge < -0.3 is 5.32 Å². The summed E-state index contributed by atoms with van der Waals surface area (Å²) in [6, 6.07) is 9.48. The van der Waals surface area contributed by atoms with Gasteiger partial charge in [-0.15, -0.1) is 11.3 Å². The monoisotopic (exact) mass is 249 g/mol. The van der Waals surface area contributed by atoms with Crippen molar-refractivity contribution >= 4 is 11.3 Å². The van der Waals surface area contributed by atoms with E-state index in [1.807, 2.05) is 12.1 Å². The van der Waals surface area contributed by atoms with Crippen LogP contribution in [0, 0.1) is 12.7 Å². The van der Waals surface area contributed by atoms with Crippen molar-refractivity contribution in [2.24, 2.45) is 0 Å². The fraction of sp³-hybridized carbons (Fsp3) is 0.286. The molecule has 0 spiro atoms. The number of aryl methyl sites for hydroxylation is 1. The van der Waals surface area contributed by atoms with Gasteiger partial charge in [-0.25, -0.2) is 4.39 Å². The molecule has 0 aliphatic rings. The predicted molar refractivity (Wildman–Crippen MR) is 70.9 cm³/mol. The summed E-state index contributed by atoms with van der Waals surface area (Å²) < 4.78 is 13.1. The molecule has 17 heavy (non-hydrogen) atoms. The Morgan fingerprint density at radius 3 is 2.88 bits per heavy atom. The third-order valence-corrected chi connectivity index (χ3v) is 3.62. The van der Waals surface area contributed by atoms with Crippen molar-refractivity contribution in [2.75, 3.05) is 6.54 Å². The van der Waals surface area contributed by atoms with Crippen LogP contribution in [-0.4, -0.2) is 6.54 Å². The number of hydrogen-bond donors (Lipinski definition) is 1. The van der Waals surface area contributed by atoms with Gasteiger partial charge in [-0.05, 0) is 42.0 Å². The standard InChI is InChI=1S/C14H16FNS/c1-11-9-12(4-5-14(11)15)10-16-7-6-13-3-2-8-17-13/h2-5,8-9,16H,6-7,10H2,1H3. The molecule has 0 fully saturated rings. The quantitative estimate of drug-likeness (QED) is 0.799. The Morgan fingerprint density at radius 1 is 1.29 bits per heavy atom. The number of nitrogens with one attached hydrogen (secondary N) is 1. The van der Waals surface area contributed by atoms with Gasteiger partial charge >= 0.3 is 0 Å². The molecule has 1 heterocycles. The first-order valence-corrected chi connectivity index (χ1v) is 6.62. The Morgan fingerprint density at radius 2 is 2.18 bits per heavy atom. The molecular formula is C14H16FNS. The minimum Gasteiger partial charge on any atom is -0.312 e. The van der Waals surface area contributed by atoms with Crippen LogP contribution in [0.1, 0.15) is 16.0 Å². The number of thiophene rings is 1. The highest BCUT2D eigenvalue weighted by molar-refractivity contribution is 7.09. The van der Waals surface area contributed by atoms with E-state index in [0.29, 0.717) is 5.56 Å². The molecule has 1 aromatic carbocycles. The molecule has 0 atom stereocenters. The van der Waals surface area contributed by atoms with Crippen LogP contribution in [0.5, 0.6) is 0 Å². The minimum atomic E-state index is -0.132. The van der Waals surface area contributed by atoms with Gasteiger partial charge in [0.05, 0.1) is 0 Å². The van der Waals surface area contributed by atoms with Crippen molar-refractivity contribution in [2.45, 2.75) is 19.9 Å². The number of rotatable bonds is 5. The second kappa shape index (κ2) is 5.94. The van der Waals surface area contributed by atoms with Crippen LogP contribution < -0.4 is 5.32 Å². The van der Waals surface area contributed by atoms with E-state index in [4.69, 9.17) is 0 Å². The molecule has 1 nitrogen and oxygen atoms in total. The molecule has 0 amide bonds. The van der Waals surface area contributed by atoms with E-state index in [0.717, 1.165) is 25.1 Å². The van der Waals surface area contributed by atoms with Gasteiger partial charge in [-0.2, -0.15) is 0 Å². The van der Waals surface area contributed by atoms with Crippen LogP contribution in [0.25, 0.3) is 0 Å². The topological polar surface area (TPSA) is 12.0 Å². The van der Waals surface area contributed by atoms with E-state index in [9.17, 15) is 4.39 Å². The first-order valence-electron chi connectivity index (χ1n) is 5.74. The number of halogens is 1. The van der Waals surface area contributed by atoms with Crippen LogP contribution in [0.15, 0.2) is 35.7 Å². The molecule has 90 valence electrons. The van der Waals surface area contributed by atoms with Crippen molar-refractivity contribution in [1.82, 2.24) is 5.32 Å². The van der Waals surface area contributed by atoms with Gasteiger partial charge in [0.15, 0.2) is 0 Å². The molecule has 0 aliphatic heterocycles. The molecule has 0 saturated carbocycles. The predicted octanol–water partition coefficient (Wildman–Crippen LogP) is 3.53. The molecule has 0 radical (unpaired) electrons. The lowest BCUT2D eigenvalue weighted by Crippen LogP contribution is -2.16. The minimum absolute atomic E-state index is 0.132. The molecule has 2 aromatic rings. The van der Waals surface area contributed by atoms with E-state index in [1.165, 1.54) is 10.9 Å². The first-order chi connectivity index (χ1) is 8.25. The van der Waals surface area contributed by atoms with Crippen LogP contribution in [0.4, 0.5) is 4.39 Å². The molecule has 1 N–H and O–H groups in total. The Balaban J connectivity index is 1.76. The second-order valence-corrected chi connectivity index (χ2v) is 5.12. The molecule has 0 unspecified atom stereocenters. The van der Waals surface area contributed by atoms with Crippen molar-refractivity contribution < 1.29 is 4.39 Å². The van der Waals surface area contributed by atoms with Crippen LogP contribution in [-0.2, 0) is 13.0 Å². The third-order valence-electron chi connectivity index (χ3n) is 2.68. The molecule has 0 saturated heterocycles. The zero-order valence-corrected chi connectivity index (χ0v) is 10.7. The van der Waals surface area contributed by atoms with Gasteiger partial charge in [0.2, 0.25) is 0 Å². The summed E-state index contributed by atoms with van der Waals surface area (Å²) in [7, 11) is 0. The molecule has 1 aromatic heterocycles. The van der Waals surface area contributed by atoms with E-state index in [1.54, 1.807) is 18.3 Å². The normalized spacial score (nSPS) is 10.7. The van der Waals surface area contributed by atoms with Gasteiger partial charge in [0.25, 0.3) is 0 Å². The smallest absolute Gasteiger partial charge is 0.126 e. The number of benzene rings is 1. The summed E-state index contributed by atoms with van der Waals surface area (Å²) in [6.07, 6.45) is 1.05. The maximum atomic E-state index is 13.1. The molecular weight excluding hydrogens is 233 g/mol. The molecule has 3 heteroatoms. The lowest BCUT2D eigenvalue weighted by Gasteiger charge is -2.05. The highest BCUT2D eigenvalue weighted by Crippen LogP contribution is 2.10. The van der Waals surface area contributed by atoms with Crippen LogP contribution in [0.2, 0.25) is 0 Å². The maximum absolute atomic E-state index is 13.1. The third kappa shape index (κ3) is 3.65. The molecule has 0 aliphatic carbocycles. The van der Waals surface area contributed by atoms with Crippen molar-refractivity contribution in [1.29, 1.82) is 0 Å². The number of hydrogen-bond acceptors (Lipinski definition) is 2. The van der Waals surface area contributed by atoms with Crippen molar-refractivity contribution in [3.63, 3.8) is 0 Å². The van der Waals surface area contributed by atoms with E-state index in [2.05, 4.69) is 22.8 Å². The zero-order valence-electron chi connectivity index (χ0n) is 9.87. The van der Waals surface area contributed by atoms with Gasteiger partial charge in [-0.3, -0.25) is 0 Å². The van der Waals surface area contributed by atoms with Crippen LogP contribution in [0.3, 0.4) is 0 Å². The van der Waals surface area contributed by atoms with E-state index < -0.39 is 0 Å². The summed E-state index contributed by atoms with van der Waals surface area (Å²) in [4.78, 5) is 1.40. The first kappa shape index (κ1) is 12.3. The zero-order chi connectivity index (χ0) is 12.1. The van der Waals surface area contributed by atoms with Gasteiger partial charge in [0, 0.05) is 18.0 Å². The average molecular weight is 249 g/mol. The fourth-order valence-corrected chi connectivity index (χ4v) is 2.42. The van der Waals surface area contributed by atoms with Gasteiger partial charge in [0.1, 0.15) is 5.82 Å². The van der Waals surface area contributed by atoms with Gasteiger partial charge in [-0.1, -0.05) is 18.2 Å². The summed E-state index contributed by atoms with van der Waals surface area (Å²) in [5.41, 5.74) is 1.85. The van der Waals surface area contributed by atoms with E-state index >= 15 is 0 Å². The van der Waals surface area contributed by atoms with Crippen LogP contribution >= 0.6 is 11.3 Å². The highest BCUT2D eigenvalue weighted by atomic mass is 32.1. The Hall–Kier alpha value is -1.19. The summed E-state index contributed by atoms with van der Waals surface area (Å²) in [5, 5.41) is 5.47. The fourth-order valence-electron chi connectivity index (χ4n) is 1.72. The lowest BCUT2D eigenvalue weighted by atomic mass is 10.1. The Kier molecular flexibility index (Phi) is 4.29. The lowest BCUT2D eigenvalue weighted by molar-refractivity contribution is 0.615. The molecule has 2 rings (SSSR count). The molecule has 0 bridgehead atoms. The Bertz CT molecular complexity index is 465. The van der Waals surface area contributed by atoms with E-state index in [-0.39, 0.29) is 5.82 Å². The SMILES string of the molecule is Cc1cc(CNCCc2cccs2)ccc1F. The largest absolute Gasteiger partial charge is 0.312 e. The maximum Gasteiger partial charge on any atom is 0.126 e. The Labute approximate surface area is 105 Å². The van der Waals surface area contributed by atoms with Crippen molar-refractivity contribution in [3.8, 4) is 0 Å². The summed E-state index contributed by atoms with van der Waals surface area (Å²) in [5.74, 6) is -0.132. The van der Waals surface area contributed by atoms with Crippen molar-refractivity contribution in [3.05, 3.63) is 57.5 Å². The second-order valence-electron chi connectivity index (χ2n) is 4.09. The highest BCUT2D eigenvalue weighted by Gasteiger charge is 1.99.